The van der Waals surface area contributed by atoms with Crippen molar-refractivity contribution in [3.8, 4) is 0 Å². The Balaban J connectivity index is 1.52. The molecule has 4 heterocycles. The lowest BCUT2D eigenvalue weighted by Gasteiger charge is -2.39. The van der Waals surface area contributed by atoms with Crippen molar-refractivity contribution in [2.45, 2.75) is 70.0 Å². The third-order valence-electron chi connectivity index (χ3n) is 8.66. The molecule has 3 aliphatic rings. The molecule has 194 valence electrons. The summed E-state index contributed by atoms with van der Waals surface area (Å²) in [5.74, 6) is -2.53. The average molecular weight is 499 g/mol. The lowest BCUT2D eigenvalue weighted by atomic mass is 9.66. The highest BCUT2D eigenvalue weighted by atomic mass is 16.5. The third kappa shape index (κ3) is 3.36. The maximum atomic E-state index is 14.0. The molecule has 3 N–H and O–H groups in total. The van der Waals surface area contributed by atoms with Gasteiger partial charge in [0.05, 0.1) is 35.6 Å². The fourth-order valence-corrected chi connectivity index (χ4v) is 6.67. The number of rotatable bonds is 8. The van der Waals surface area contributed by atoms with Crippen LogP contribution in [0.3, 0.4) is 0 Å². The Morgan fingerprint density at radius 2 is 2.03 bits per heavy atom. The van der Waals surface area contributed by atoms with Crippen LogP contribution in [0.15, 0.2) is 24.3 Å². The van der Waals surface area contributed by atoms with Crippen LogP contribution in [0.4, 0.5) is 0 Å². The molecule has 3 fully saturated rings. The van der Waals surface area contributed by atoms with E-state index in [1.165, 1.54) is 4.90 Å². The van der Waals surface area contributed by atoms with E-state index in [-0.39, 0.29) is 31.0 Å². The van der Waals surface area contributed by atoms with Crippen LogP contribution in [0.1, 0.15) is 40.0 Å². The van der Waals surface area contributed by atoms with Crippen molar-refractivity contribution in [3.63, 3.8) is 0 Å². The topological polar surface area (TPSA) is 139 Å². The lowest BCUT2D eigenvalue weighted by Crippen LogP contribution is -2.59. The van der Waals surface area contributed by atoms with E-state index in [1.807, 2.05) is 45.0 Å². The zero-order valence-electron chi connectivity index (χ0n) is 21.1. The molecule has 3 aliphatic heterocycles. The second-order valence-corrected chi connectivity index (χ2v) is 10.5. The number of amides is 3. The predicted molar refractivity (Wildman–Crippen MR) is 129 cm³/mol. The third-order valence-corrected chi connectivity index (χ3v) is 8.66. The molecule has 2 unspecified atom stereocenters. The minimum absolute atomic E-state index is 0.0574. The van der Waals surface area contributed by atoms with Crippen LogP contribution in [-0.2, 0) is 25.8 Å². The molecule has 3 saturated heterocycles. The van der Waals surface area contributed by atoms with Gasteiger partial charge in [0.15, 0.2) is 0 Å². The van der Waals surface area contributed by atoms with E-state index in [2.05, 4.69) is 20.9 Å². The Morgan fingerprint density at radius 3 is 2.72 bits per heavy atom. The van der Waals surface area contributed by atoms with E-state index in [0.717, 1.165) is 5.52 Å². The van der Waals surface area contributed by atoms with Gasteiger partial charge in [-0.25, -0.2) is 4.68 Å². The first-order chi connectivity index (χ1) is 17.2. The summed E-state index contributed by atoms with van der Waals surface area (Å²) in [7, 11) is 1.55. The minimum Gasteiger partial charge on any atom is -0.394 e. The SMILES string of the molecule is CC[C@H](C)[C@H](CO)N1C(=O)[C@@H]2[C@H](C(=O)NC)[C@]3(C)CCC2(O3)C1C(=O)NCn1nnc2ccccc21. The van der Waals surface area contributed by atoms with Crippen LogP contribution >= 0.6 is 0 Å². The molecule has 7 atom stereocenters. The van der Waals surface area contributed by atoms with Crippen molar-refractivity contribution in [1.29, 1.82) is 0 Å². The predicted octanol–water partition coefficient (Wildman–Crippen LogP) is 0.423. The number of hydrogen-bond acceptors (Lipinski definition) is 7. The van der Waals surface area contributed by atoms with Crippen LogP contribution in [0.5, 0.6) is 0 Å². The summed E-state index contributed by atoms with van der Waals surface area (Å²) in [5, 5.41) is 24.2. The van der Waals surface area contributed by atoms with Gasteiger partial charge in [0, 0.05) is 7.05 Å². The fourth-order valence-electron chi connectivity index (χ4n) is 6.67. The van der Waals surface area contributed by atoms with E-state index >= 15 is 0 Å². The molecule has 0 saturated carbocycles. The van der Waals surface area contributed by atoms with Gasteiger partial charge in [-0.2, -0.15) is 0 Å². The zero-order chi connectivity index (χ0) is 25.8. The molecule has 3 amide bonds. The monoisotopic (exact) mass is 498 g/mol. The lowest BCUT2D eigenvalue weighted by molar-refractivity contribution is -0.151. The number of aliphatic hydroxyl groups excluding tert-OH is 1. The highest BCUT2D eigenvalue weighted by molar-refractivity contribution is 5.99. The molecular formula is C25H34N6O5. The van der Waals surface area contributed by atoms with Gasteiger partial charge in [0.2, 0.25) is 17.7 Å². The number of hydrogen-bond donors (Lipinski definition) is 3. The van der Waals surface area contributed by atoms with Crippen molar-refractivity contribution in [2.24, 2.45) is 17.8 Å². The average Bonchev–Trinajstić information content (AvgIpc) is 3.58. The van der Waals surface area contributed by atoms with Crippen molar-refractivity contribution < 1.29 is 24.2 Å². The fraction of sp³-hybridized carbons (Fsp3) is 0.640. The molecule has 11 nitrogen and oxygen atoms in total. The van der Waals surface area contributed by atoms with Crippen molar-refractivity contribution in [3.05, 3.63) is 24.3 Å². The van der Waals surface area contributed by atoms with Crippen LogP contribution in [0.25, 0.3) is 11.0 Å². The molecule has 2 bridgehead atoms. The molecule has 5 rings (SSSR count). The van der Waals surface area contributed by atoms with Gasteiger partial charge in [-0.1, -0.05) is 37.6 Å². The first kappa shape index (κ1) is 24.6. The largest absolute Gasteiger partial charge is 0.394 e. The number of carbonyl (C=O) groups is 3. The van der Waals surface area contributed by atoms with Gasteiger partial charge in [-0.3, -0.25) is 14.4 Å². The molecule has 1 aromatic heterocycles. The molecule has 0 aliphatic carbocycles. The van der Waals surface area contributed by atoms with Gasteiger partial charge in [-0.15, -0.1) is 5.10 Å². The Morgan fingerprint density at radius 1 is 1.28 bits per heavy atom. The van der Waals surface area contributed by atoms with E-state index in [0.29, 0.717) is 24.8 Å². The standard InChI is InChI=1S/C25H34N6O5/c1-5-14(2)17(12-32)31-20(22(34)27-13-30-16-9-7-6-8-15(16)28-29-30)25-11-10-24(3,36-25)18(21(33)26-4)19(25)23(31)35/h6-9,14,17-20,32H,5,10-13H2,1-4H3,(H,26,33)(H,27,34)/t14-,17-,18+,19-,20?,24-,25?/m0/s1. The Bertz CT molecular complexity index is 1200. The molecular weight excluding hydrogens is 464 g/mol. The highest BCUT2D eigenvalue weighted by Gasteiger charge is 2.78. The van der Waals surface area contributed by atoms with Gasteiger partial charge < -0.3 is 25.4 Å². The maximum absolute atomic E-state index is 14.0. The van der Waals surface area contributed by atoms with Gasteiger partial charge >= 0.3 is 0 Å². The molecule has 1 spiro atoms. The second kappa shape index (κ2) is 8.81. The number of benzene rings is 1. The van der Waals surface area contributed by atoms with Crippen molar-refractivity contribution >= 4 is 28.8 Å². The quantitative estimate of drug-likeness (QED) is 0.480. The minimum atomic E-state index is -1.14. The summed E-state index contributed by atoms with van der Waals surface area (Å²) in [6, 6.07) is 5.88. The second-order valence-electron chi connectivity index (χ2n) is 10.5. The molecule has 36 heavy (non-hydrogen) atoms. The summed E-state index contributed by atoms with van der Waals surface area (Å²) in [6.45, 7) is 5.55. The van der Waals surface area contributed by atoms with Crippen LogP contribution < -0.4 is 10.6 Å². The summed E-state index contributed by atoms with van der Waals surface area (Å²) < 4.78 is 8.14. The first-order valence-electron chi connectivity index (χ1n) is 12.6. The van der Waals surface area contributed by atoms with Crippen molar-refractivity contribution in [2.75, 3.05) is 13.7 Å². The highest BCUT2D eigenvalue weighted by Crippen LogP contribution is 2.63. The van der Waals surface area contributed by atoms with Gasteiger partial charge in [0.1, 0.15) is 23.8 Å². The summed E-state index contributed by atoms with van der Waals surface area (Å²) in [4.78, 5) is 42.4. The number of ether oxygens (including phenoxy) is 1. The number of aromatic nitrogens is 3. The zero-order valence-corrected chi connectivity index (χ0v) is 21.1. The summed E-state index contributed by atoms with van der Waals surface area (Å²) in [6.07, 6.45) is 1.75. The number of para-hydroxylation sites is 1. The van der Waals surface area contributed by atoms with Crippen LogP contribution in [-0.4, -0.2) is 79.7 Å². The maximum Gasteiger partial charge on any atom is 0.247 e. The number of fused-ring (bicyclic) bond motifs is 2. The number of aliphatic hydroxyl groups is 1. The Labute approximate surface area is 209 Å². The Hall–Kier alpha value is -3.05. The summed E-state index contributed by atoms with van der Waals surface area (Å²) in [5.41, 5.74) is -0.498. The number of nitrogens with zero attached hydrogens (tertiary/aromatic N) is 4. The summed E-state index contributed by atoms with van der Waals surface area (Å²) >= 11 is 0. The molecule has 11 heteroatoms. The van der Waals surface area contributed by atoms with Crippen LogP contribution in [0, 0.1) is 17.8 Å². The number of carbonyl (C=O) groups excluding carboxylic acids is 3. The molecule has 1 aromatic carbocycles. The normalized spacial score (nSPS) is 32.5. The Kier molecular flexibility index (Phi) is 6.03. The molecule has 0 radical (unpaired) electrons. The number of likely N-dealkylation sites (tertiary alicyclic amines) is 1. The van der Waals surface area contributed by atoms with E-state index < -0.39 is 41.0 Å². The van der Waals surface area contributed by atoms with Crippen LogP contribution in [0.2, 0.25) is 0 Å². The number of nitrogens with one attached hydrogen (secondary N) is 2. The van der Waals surface area contributed by atoms with E-state index in [1.54, 1.807) is 11.7 Å². The van der Waals surface area contributed by atoms with Gasteiger partial charge in [-0.05, 0) is 37.8 Å². The van der Waals surface area contributed by atoms with E-state index in [4.69, 9.17) is 4.74 Å². The van der Waals surface area contributed by atoms with Crippen molar-refractivity contribution in [1.82, 2.24) is 30.5 Å². The molecule has 2 aromatic rings. The van der Waals surface area contributed by atoms with Gasteiger partial charge in [0.25, 0.3) is 0 Å². The first-order valence-corrected chi connectivity index (χ1v) is 12.6. The smallest absolute Gasteiger partial charge is 0.247 e. The van der Waals surface area contributed by atoms with E-state index in [9.17, 15) is 19.5 Å².